The number of fused-ring (bicyclic) bond motifs is 2. The second kappa shape index (κ2) is 5.23. The molecule has 0 saturated carbocycles. The summed E-state index contributed by atoms with van der Waals surface area (Å²) in [7, 11) is 0. The van der Waals surface area contributed by atoms with Gasteiger partial charge in [0.25, 0.3) is 0 Å². The Labute approximate surface area is 136 Å². The molecule has 1 unspecified atom stereocenters. The Hall–Kier alpha value is -1.17. The minimum absolute atomic E-state index is 0.313. The van der Waals surface area contributed by atoms with Crippen molar-refractivity contribution in [1.29, 1.82) is 0 Å². The summed E-state index contributed by atoms with van der Waals surface area (Å²) in [4.78, 5) is 12.4. The molecule has 21 heavy (non-hydrogen) atoms. The molecule has 3 heterocycles. The first-order chi connectivity index (χ1) is 10.2. The molecule has 1 atom stereocenters. The van der Waals surface area contributed by atoms with E-state index in [0.717, 1.165) is 22.5 Å². The third-order valence-corrected chi connectivity index (χ3v) is 5.96. The monoisotopic (exact) mass is 335 g/mol. The predicted molar refractivity (Wildman–Crippen MR) is 90.8 cm³/mol. The zero-order valence-corrected chi connectivity index (χ0v) is 13.9. The van der Waals surface area contributed by atoms with E-state index in [-0.39, 0.29) is 0 Å². The van der Waals surface area contributed by atoms with Gasteiger partial charge in [-0.05, 0) is 60.9 Å². The van der Waals surface area contributed by atoms with Crippen molar-refractivity contribution >= 4 is 50.3 Å². The SMILES string of the molecule is Cc1cc2c(NC3CCCc4sccc43)nc(Cl)nc2s1. The lowest BCUT2D eigenvalue weighted by Crippen LogP contribution is -2.16. The standard InChI is InChI=1S/C15H14ClN3S2/c1-8-7-10-13(18-15(16)19-14(10)21-8)17-11-3-2-4-12-9(11)5-6-20-12/h5-7,11H,2-4H2,1H3,(H,17,18,19). The van der Waals surface area contributed by atoms with Gasteiger partial charge in [0, 0.05) is 9.75 Å². The Balaban J connectivity index is 1.75. The first-order valence-electron chi connectivity index (χ1n) is 6.97. The number of hydrogen-bond donors (Lipinski definition) is 1. The molecule has 0 spiro atoms. The van der Waals surface area contributed by atoms with Gasteiger partial charge in [-0.15, -0.1) is 22.7 Å². The quantitative estimate of drug-likeness (QED) is 0.654. The predicted octanol–water partition coefficient (Wildman–Crippen LogP) is 5.20. The first kappa shape index (κ1) is 13.5. The van der Waals surface area contributed by atoms with E-state index in [1.165, 1.54) is 28.2 Å². The van der Waals surface area contributed by atoms with Crippen molar-refractivity contribution in [2.75, 3.05) is 5.32 Å². The fraction of sp³-hybridized carbons (Fsp3) is 0.333. The lowest BCUT2D eigenvalue weighted by molar-refractivity contribution is 0.607. The van der Waals surface area contributed by atoms with Crippen LogP contribution >= 0.6 is 34.3 Å². The molecular formula is C15H14ClN3S2. The molecule has 0 radical (unpaired) electrons. The Bertz CT molecular complexity index is 808. The van der Waals surface area contributed by atoms with Gasteiger partial charge in [0.2, 0.25) is 5.28 Å². The number of hydrogen-bond acceptors (Lipinski definition) is 5. The first-order valence-corrected chi connectivity index (χ1v) is 9.04. The van der Waals surface area contributed by atoms with E-state index < -0.39 is 0 Å². The van der Waals surface area contributed by atoms with E-state index in [9.17, 15) is 0 Å². The fourth-order valence-electron chi connectivity index (χ4n) is 2.93. The maximum Gasteiger partial charge on any atom is 0.225 e. The molecule has 1 aliphatic carbocycles. The lowest BCUT2D eigenvalue weighted by atomic mass is 9.94. The van der Waals surface area contributed by atoms with Gasteiger partial charge >= 0.3 is 0 Å². The highest BCUT2D eigenvalue weighted by Gasteiger charge is 2.22. The van der Waals surface area contributed by atoms with Crippen LogP contribution in [0.2, 0.25) is 5.28 Å². The van der Waals surface area contributed by atoms with Crippen LogP contribution in [0.5, 0.6) is 0 Å². The van der Waals surface area contributed by atoms with Gasteiger partial charge in [0.1, 0.15) is 10.6 Å². The van der Waals surface area contributed by atoms with E-state index in [2.05, 4.69) is 39.7 Å². The Morgan fingerprint density at radius 2 is 2.29 bits per heavy atom. The molecule has 0 amide bonds. The molecule has 0 fully saturated rings. The number of aryl methyl sites for hydroxylation is 2. The van der Waals surface area contributed by atoms with E-state index in [4.69, 9.17) is 11.6 Å². The molecule has 0 aromatic carbocycles. The van der Waals surface area contributed by atoms with Gasteiger partial charge in [-0.3, -0.25) is 0 Å². The molecule has 6 heteroatoms. The number of aromatic nitrogens is 2. The molecule has 1 aliphatic rings. The van der Waals surface area contributed by atoms with Gasteiger partial charge in [0.05, 0.1) is 11.4 Å². The Morgan fingerprint density at radius 1 is 1.38 bits per heavy atom. The molecule has 3 nitrogen and oxygen atoms in total. The second-order valence-corrected chi connectivity index (χ2v) is 7.88. The molecule has 4 rings (SSSR count). The Morgan fingerprint density at radius 3 is 3.19 bits per heavy atom. The van der Waals surface area contributed by atoms with Crippen LogP contribution in [0.15, 0.2) is 17.5 Å². The molecule has 1 N–H and O–H groups in total. The fourth-order valence-corrected chi connectivity index (χ4v) is 5.01. The van der Waals surface area contributed by atoms with Gasteiger partial charge in [-0.2, -0.15) is 0 Å². The number of thiophene rings is 2. The van der Waals surface area contributed by atoms with Crippen molar-refractivity contribution in [2.24, 2.45) is 0 Å². The smallest absolute Gasteiger partial charge is 0.225 e. The summed E-state index contributed by atoms with van der Waals surface area (Å²) in [6.45, 7) is 2.08. The number of rotatable bonds is 2. The summed E-state index contributed by atoms with van der Waals surface area (Å²) in [5.41, 5.74) is 1.42. The van der Waals surface area contributed by atoms with Crippen molar-refractivity contribution in [3.8, 4) is 0 Å². The average molecular weight is 336 g/mol. The van der Waals surface area contributed by atoms with Crippen LogP contribution in [-0.4, -0.2) is 9.97 Å². The molecule has 3 aromatic heterocycles. The summed E-state index contributed by atoms with van der Waals surface area (Å²) in [5, 5.41) is 7.17. The van der Waals surface area contributed by atoms with Crippen LogP contribution in [-0.2, 0) is 6.42 Å². The highest BCUT2D eigenvalue weighted by Crippen LogP contribution is 2.37. The lowest BCUT2D eigenvalue weighted by Gasteiger charge is -2.24. The van der Waals surface area contributed by atoms with Crippen LogP contribution in [0.25, 0.3) is 10.2 Å². The van der Waals surface area contributed by atoms with Crippen LogP contribution < -0.4 is 5.32 Å². The normalized spacial score (nSPS) is 17.9. The average Bonchev–Trinajstić information content (AvgIpc) is 3.04. The van der Waals surface area contributed by atoms with Crippen molar-refractivity contribution in [2.45, 2.75) is 32.2 Å². The van der Waals surface area contributed by atoms with Crippen molar-refractivity contribution in [3.63, 3.8) is 0 Å². The summed E-state index contributed by atoms with van der Waals surface area (Å²) in [5.74, 6) is 0.860. The van der Waals surface area contributed by atoms with Crippen molar-refractivity contribution in [3.05, 3.63) is 38.1 Å². The minimum Gasteiger partial charge on any atom is -0.363 e. The van der Waals surface area contributed by atoms with Crippen molar-refractivity contribution in [1.82, 2.24) is 9.97 Å². The zero-order chi connectivity index (χ0) is 14.4. The maximum absolute atomic E-state index is 6.08. The highest BCUT2D eigenvalue weighted by atomic mass is 35.5. The third-order valence-electron chi connectivity index (χ3n) is 3.85. The molecule has 3 aromatic rings. The topological polar surface area (TPSA) is 37.8 Å². The van der Waals surface area contributed by atoms with Crippen LogP contribution in [0.3, 0.4) is 0 Å². The summed E-state index contributed by atoms with van der Waals surface area (Å²) in [6.07, 6.45) is 3.55. The number of nitrogens with one attached hydrogen (secondary N) is 1. The van der Waals surface area contributed by atoms with E-state index in [1.807, 2.05) is 11.3 Å². The van der Waals surface area contributed by atoms with Crippen LogP contribution in [0, 0.1) is 6.92 Å². The molecule has 0 saturated heterocycles. The second-order valence-electron chi connectivity index (χ2n) is 5.31. The summed E-state index contributed by atoms with van der Waals surface area (Å²) in [6, 6.07) is 4.69. The van der Waals surface area contributed by atoms with Gasteiger partial charge in [0.15, 0.2) is 0 Å². The number of anilines is 1. The van der Waals surface area contributed by atoms with Gasteiger partial charge < -0.3 is 5.32 Å². The van der Waals surface area contributed by atoms with Crippen LogP contribution in [0.4, 0.5) is 5.82 Å². The maximum atomic E-state index is 6.08. The highest BCUT2D eigenvalue weighted by molar-refractivity contribution is 7.18. The van der Waals surface area contributed by atoms with Crippen molar-refractivity contribution < 1.29 is 0 Å². The summed E-state index contributed by atoms with van der Waals surface area (Å²) >= 11 is 9.59. The summed E-state index contributed by atoms with van der Waals surface area (Å²) < 4.78 is 0. The number of nitrogens with zero attached hydrogens (tertiary/aromatic N) is 2. The zero-order valence-electron chi connectivity index (χ0n) is 11.5. The Kier molecular flexibility index (Phi) is 3.36. The molecule has 108 valence electrons. The van der Waals surface area contributed by atoms with Gasteiger partial charge in [-0.1, -0.05) is 0 Å². The largest absolute Gasteiger partial charge is 0.363 e. The van der Waals surface area contributed by atoms with E-state index in [1.54, 1.807) is 11.3 Å². The van der Waals surface area contributed by atoms with E-state index >= 15 is 0 Å². The minimum atomic E-state index is 0.313. The van der Waals surface area contributed by atoms with Gasteiger partial charge in [-0.25, -0.2) is 9.97 Å². The molecular weight excluding hydrogens is 322 g/mol. The molecule has 0 aliphatic heterocycles. The van der Waals surface area contributed by atoms with Crippen LogP contribution in [0.1, 0.15) is 34.2 Å². The molecule has 0 bridgehead atoms. The van der Waals surface area contributed by atoms with E-state index in [0.29, 0.717) is 11.3 Å². The number of halogens is 1. The third kappa shape index (κ3) is 2.43.